The molecule has 2 aliphatic heterocycles. The molecule has 0 unspecified atom stereocenters. The number of rotatable bonds is 8. The summed E-state index contributed by atoms with van der Waals surface area (Å²) in [6.45, 7) is 4.55. The number of para-hydroxylation sites is 1. The molecule has 3 heterocycles. The minimum Gasteiger partial charge on any atom is -0.427 e. The van der Waals surface area contributed by atoms with E-state index in [-0.39, 0.29) is 6.61 Å². The third-order valence-electron chi connectivity index (χ3n) is 7.39. The van der Waals surface area contributed by atoms with Crippen LogP contribution < -0.4 is 15.5 Å². The van der Waals surface area contributed by atoms with E-state index in [1.165, 1.54) is 0 Å². The molecular formula is C33H30N6O6. The van der Waals surface area contributed by atoms with Crippen LogP contribution in [0.15, 0.2) is 97.1 Å². The number of anilines is 4. The zero-order chi connectivity index (χ0) is 31.2. The summed E-state index contributed by atoms with van der Waals surface area (Å²) in [6, 6.07) is 21.0. The number of esters is 2. The van der Waals surface area contributed by atoms with E-state index in [2.05, 4.69) is 37.6 Å². The highest BCUT2D eigenvalue weighted by molar-refractivity contribution is 6.05. The zero-order valence-electron chi connectivity index (χ0n) is 24.2. The number of carbonyl (C=O) groups excluding carboxylic acids is 3. The molecule has 0 bridgehead atoms. The SMILES string of the molecule is O=C1/C=C\C(=O)O/C(C(=O)Nc2cccc(-c3cccc4cnc(Nc5ccc(N6CCN(CCO)CC6)cc5)nc34)c2)=C\O1. The molecule has 228 valence electrons. The molecule has 0 saturated carbocycles. The third-order valence-corrected chi connectivity index (χ3v) is 7.39. The van der Waals surface area contributed by atoms with Crippen molar-refractivity contribution in [3.8, 4) is 11.1 Å². The molecule has 45 heavy (non-hydrogen) atoms. The molecule has 4 aromatic rings. The molecule has 0 spiro atoms. The van der Waals surface area contributed by atoms with Gasteiger partial charge in [-0.25, -0.2) is 19.6 Å². The van der Waals surface area contributed by atoms with Crippen molar-refractivity contribution in [3.63, 3.8) is 0 Å². The Bertz CT molecular complexity index is 1800. The van der Waals surface area contributed by atoms with E-state index in [4.69, 9.17) is 14.5 Å². The number of carbonyl (C=O) groups is 3. The highest BCUT2D eigenvalue weighted by Gasteiger charge is 2.19. The van der Waals surface area contributed by atoms with Gasteiger partial charge in [-0.3, -0.25) is 9.69 Å². The Morgan fingerprint density at radius 3 is 2.49 bits per heavy atom. The predicted molar refractivity (Wildman–Crippen MR) is 168 cm³/mol. The molecular weight excluding hydrogens is 576 g/mol. The van der Waals surface area contributed by atoms with Crippen LogP contribution in [0.3, 0.4) is 0 Å². The van der Waals surface area contributed by atoms with Gasteiger partial charge in [-0.05, 0) is 42.0 Å². The number of β-amino-alcohol motifs (C(OH)–C–C–N with tert-alkyl or cyclic N) is 1. The maximum absolute atomic E-state index is 12.8. The minimum absolute atomic E-state index is 0.182. The molecule has 3 N–H and O–H groups in total. The number of aliphatic hydroxyl groups is 1. The summed E-state index contributed by atoms with van der Waals surface area (Å²) in [6.07, 6.45) is 4.35. The van der Waals surface area contributed by atoms with Crippen LogP contribution in [0.25, 0.3) is 22.0 Å². The Labute approximate surface area is 258 Å². The van der Waals surface area contributed by atoms with Crippen LogP contribution in [0.1, 0.15) is 0 Å². The fraction of sp³-hybridized carbons (Fsp3) is 0.182. The van der Waals surface area contributed by atoms with Gasteiger partial charge < -0.3 is 30.1 Å². The van der Waals surface area contributed by atoms with Crippen molar-refractivity contribution in [3.05, 3.63) is 97.1 Å². The molecule has 6 rings (SSSR count). The molecule has 1 fully saturated rings. The molecule has 12 nitrogen and oxygen atoms in total. The van der Waals surface area contributed by atoms with Crippen LogP contribution in [0.5, 0.6) is 0 Å². The fourth-order valence-corrected chi connectivity index (χ4v) is 5.12. The average Bonchev–Trinajstić information content (AvgIpc) is 3.05. The predicted octanol–water partition coefficient (Wildman–Crippen LogP) is 3.59. The second kappa shape index (κ2) is 13.4. The Morgan fingerprint density at radius 2 is 1.69 bits per heavy atom. The topological polar surface area (TPSA) is 146 Å². The summed E-state index contributed by atoms with van der Waals surface area (Å²) in [7, 11) is 0. The first kappa shape index (κ1) is 29.5. The van der Waals surface area contributed by atoms with Crippen LogP contribution in [0.4, 0.5) is 23.0 Å². The average molecular weight is 607 g/mol. The lowest BCUT2D eigenvalue weighted by molar-refractivity contribution is -0.140. The Balaban J connectivity index is 1.18. The monoisotopic (exact) mass is 606 g/mol. The van der Waals surface area contributed by atoms with Crippen LogP contribution >= 0.6 is 0 Å². The van der Waals surface area contributed by atoms with Crippen LogP contribution in [-0.2, 0) is 23.9 Å². The second-order valence-electron chi connectivity index (χ2n) is 10.4. The number of ether oxygens (including phenoxy) is 2. The van der Waals surface area contributed by atoms with Gasteiger partial charge in [0.1, 0.15) is 6.26 Å². The molecule has 1 saturated heterocycles. The van der Waals surface area contributed by atoms with E-state index < -0.39 is 23.6 Å². The van der Waals surface area contributed by atoms with E-state index in [0.717, 1.165) is 72.5 Å². The van der Waals surface area contributed by atoms with Crippen molar-refractivity contribution in [2.75, 3.05) is 54.9 Å². The molecule has 2 aliphatic rings. The summed E-state index contributed by atoms with van der Waals surface area (Å²) in [5.74, 6) is -2.44. The molecule has 12 heteroatoms. The summed E-state index contributed by atoms with van der Waals surface area (Å²) < 4.78 is 9.75. The van der Waals surface area contributed by atoms with Crippen molar-refractivity contribution < 1.29 is 29.0 Å². The van der Waals surface area contributed by atoms with E-state index in [1.54, 1.807) is 24.4 Å². The quantitative estimate of drug-likeness (QED) is 0.253. The standard InChI is InChI=1S/C33H30N6O6/c40-18-17-38-13-15-39(16-14-38)26-9-7-24(8-10-26)36-33-34-20-23-4-2-6-27(31(23)37-33)22-3-1-5-25(19-22)35-32(43)28-21-44-29(41)11-12-30(42)45-28/h1-12,19-21,40H,13-18H2,(H,35,43)(H,34,36,37)/b12-11-,28-21-. The maximum atomic E-state index is 12.8. The number of piperazine rings is 1. The summed E-state index contributed by atoms with van der Waals surface area (Å²) >= 11 is 0. The molecule has 0 atom stereocenters. The van der Waals surface area contributed by atoms with Crippen LogP contribution in [0.2, 0.25) is 0 Å². The molecule has 0 aliphatic carbocycles. The number of benzene rings is 3. The summed E-state index contributed by atoms with van der Waals surface area (Å²) in [5, 5.41) is 16.0. The smallest absolute Gasteiger partial charge is 0.336 e. The first-order chi connectivity index (χ1) is 21.9. The first-order valence-corrected chi connectivity index (χ1v) is 14.4. The van der Waals surface area contributed by atoms with E-state index in [0.29, 0.717) is 23.7 Å². The summed E-state index contributed by atoms with van der Waals surface area (Å²) in [4.78, 5) is 50.0. The Kier molecular flexibility index (Phi) is 8.76. The van der Waals surface area contributed by atoms with Crippen LogP contribution in [0, 0.1) is 0 Å². The van der Waals surface area contributed by atoms with Crippen molar-refractivity contribution in [2.24, 2.45) is 0 Å². The van der Waals surface area contributed by atoms with Gasteiger partial charge in [-0.15, -0.1) is 0 Å². The van der Waals surface area contributed by atoms with Crippen molar-refractivity contribution in [1.29, 1.82) is 0 Å². The van der Waals surface area contributed by atoms with Gasteiger partial charge in [0.15, 0.2) is 0 Å². The number of nitrogens with zero attached hydrogens (tertiary/aromatic N) is 4. The van der Waals surface area contributed by atoms with Gasteiger partial charge in [-0.2, -0.15) is 0 Å². The van der Waals surface area contributed by atoms with Gasteiger partial charge in [-0.1, -0.05) is 30.3 Å². The number of hydrogen-bond acceptors (Lipinski definition) is 11. The van der Waals surface area contributed by atoms with E-state index in [9.17, 15) is 19.5 Å². The van der Waals surface area contributed by atoms with Gasteiger partial charge in [0.25, 0.3) is 5.91 Å². The molecule has 3 aromatic carbocycles. The lowest BCUT2D eigenvalue weighted by atomic mass is 10.0. The number of fused-ring (bicyclic) bond motifs is 1. The lowest BCUT2D eigenvalue weighted by Gasteiger charge is -2.35. The maximum Gasteiger partial charge on any atom is 0.336 e. The fourth-order valence-electron chi connectivity index (χ4n) is 5.12. The number of aliphatic hydroxyl groups excluding tert-OH is 1. The Hall–Kier alpha value is -5.59. The summed E-state index contributed by atoms with van der Waals surface area (Å²) in [5.41, 5.74) is 4.73. The zero-order valence-corrected chi connectivity index (χ0v) is 24.2. The molecule has 0 radical (unpaired) electrons. The van der Waals surface area contributed by atoms with Crippen molar-refractivity contribution in [2.45, 2.75) is 0 Å². The highest BCUT2D eigenvalue weighted by atomic mass is 16.6. The number of nitrogens with one attached hydrogen (secondary N) is 2. The first-order valence-electron chi connectivity index (χ1n) is 14.4. The number of hydrogen-bond donors (Lipinski definition) is 3. The number of aromatic nitrogens is 2. The lowest BCUT2D eigenvalue weighted by Crippen LogP contribution is -2.47. The normalized spacial score (nSPS) is 17.4. The molecule has 1 aromatic heterocycles. The van der Waals surface area contributed by atoms with Crippen molar-refractivity contribution >= 4 is 51.8 Å². The second-order valence-corrected chi connectivity index (χ2v) is 10.4. The largest absolute Gasteiger partial charge is 0.427 e. The van der Waals surface area contributed by atoms with Crippen molar-refractivity contribution in [1.82, 2.24) is 14.9 Å². The Morgan fingerprint density at radius 1 is 0.911 bits per heavy atom. The van der Waals surface area contributed by atoms with E-state index >= 15 is 0 Å². The third kappa shape index (κ3) is 7.15. The van der Waals surface area contributed by atoms with Crippen LogP contribution in [-0.4, -0.2) is 77.2 Å². The van der Waals surface area contributed by atoms with Gasteiger partial charge >= 0.3 is 11.9 Å². The minimum atomic E-state index is -0.869. The number of amides is 1. The highest BCUT2D eigenvalue weighted by Crippen LogP contribution is 2.30. The van der Waals surface area contributed by atoms with Gasteiger partial charge in [0, 0.05) is 79.1 Å². The van der Waals surface area contributed by atoms with Gasteiger partial charge in [0.05, 0.1) is 12.1 Å². The number of cyclic esters (lactones) is 2. The molecule has 1 amide bonds. The van der Waals surface area contributed by atoms with E-state index in [1.807, 2.05) is 36.4 Å². The van der Waals surface area contributed by atoms with Gasteiger partial charge in [0.2, 0.25) is 11.7 Å².